The van der Waals surface area contributed by atoms with Crippen molar-refractivity contribution in [2.75, 3.05) is 13.1 Å². The Labute approximate surface area is 189 Å². The van der Waals surface area contributed by atoms with E-state index < -0.39 is 17.6 Å². The zero-order chi connectivity index (χ0) is 23.7. The Balaban J connectivity index is 2.98. The van der Waals surface area contributed by atoms with Crippen LogP contribution in [0.4, 0.5) is 4.79 Å². The van der Waals surface area contributed by atoms with Gasteiger partial charge in [-0.3, -0.25) is 4.79 Å². The number of amides is 1. The third kappa shape index (κ3) is 9.75. The van der Waals surface area contributed by atoms with E-state index in [1.165, 1.54) is 0 Å². The summed E-state index contributed by atoms with van der Waals surface area (Å²) in [5.41, 5.74) is 0.339. The molecule has 0 N–H and O–H groups in total. The maximum absolute atomic E-state index is 13.0. The zero-order valence-corrected chi connectivity index (χ0v) is 20.9. The molecular formula is C26H43NO4. The molecule has 0 saturated heterocycles. The number of rotatable bonds is 12. The normalized spacial score (nSPS) is 13.1. The maximum atomic E-state index is 13.0. The van der Waals surface area contributed by atoms with Gasteiger partial charge >= 0.3 is 12.1 Å². The summed E-state index contributed by atoms with van der Waals surface area (Å²) in [6.07, 6.45) is 2.26. The van der Waals surface area contributed by atoms with Crippen molar-refractivity contribution in [3.63, 3.8) is 0 Å². The molecule has 0 aliphatic rings. The molecule has 1 rings (SSSR count). The van der Waals surface area contributed by atoms with Gasteiger partial charge in [0.1, 0.15) is 12.2 Å². The fourth-order valence-corrected chi connectivity index (χ4v) is 3.44. The molecule has 5 nitrogen and oxygen atoms in total. The molecule has 0 aliphatic carbocycles. The number of benzene rings is 1. The monoisotopic (exact) mass is 433 g/mol. The molecule has 1 unspecified atom stereocenters. The third-order valence-electron chi connectivity index (χ3n) is 5.79. The first kappa shape index (κ1) is 27.0. The number of carbonyl (C=O) groups excluding carboxylic acids is 2. The second kappa shape index (κ2) is 12.1. The Morgan fingerprint density at radius 3 is 2.16 bits per heavy atom. The Bertz CT molecular complexity index is 682. The van der Waals surface area contributed by atoms with Gasteiger partial charge in [-0.1, -0.05) is 78.3 Å². The van der Waals surface area contributed by atoms with Crippen LogP contribution in [-0.4, -0.2) is 35.7 Å². The maximum Gasteiger partial charge on any atom is 0.410 e. The van der Waals surface area contributed by atoms with Crippen LogP contribution in [0.25, 0.3) is 0 Å². The summed E-state index contributed by atoms with van der Waals surface area (Å²) in [6, 6.07) is 9.63. The Morgan fingerprint density at radius 2 is 1.65 bits per heavy atom. The summed E-state index contributed by atoms with van der Waals surface area (Å²) in [4.78, 5) is 27.8. The SMILES string of the molecule is CCCC(C)(C)OC(=O)C(CN(CC(C)(C)CC)C(=O)OCc1ccccc1)C(C)C. The first-order chi connectivity index (χ1) is 14.4. The van der Waals surface area contributed by atoms with Gasteiger partial charge < -0.3 is 14.4 Å². The van der Waals surface area contributed by atoms with Crippen molar-refractivity contribution in [3.8, 4) is 0 Å². The highest BCUT2D eigenvalue weighted by atomic mass is 16.6. The molecule has 1 atom stereocenters. The molecule has 5 heteroatoms. The second-order valence-corrected chi connectivity index (χ2v) is 10.2. The number of carbonyl (C=O) groups is 2. The smallest absolute Gasteiger partial charge is 0.410 e. The molecule has 31 heavy (non-hydrogen) atoms. The highest BCUT2D eigenvalue weighted by Crippen LogP contribution is 2.26. The predicted octanol–water partition coefficient (Wildman–Crippen LogP) is 6.46. The molecule has 0 aliphatic heterocycles. The van der Waals surface area contributed by atoms with Crippen LogP contribution in [0.1, 0.15) is 80.2 Å². The number of hydrogen-bond acceptors (Lipinski definition) is 4. The van der Waals surface area contributed by atoms with E-state index in [0.29, 0.717) is 6.54 Å². The van der Waals surface area contributed by atoms with Crippen molar-refractivity contribution in [1.82, 2.24) is 4.90 Å². The van der Waals surface area contributed by atoms with Crippen molar-refractivity contribution in [1.29, 1.82) is 0 Å². The van der Waals surface area contributed by atoms with E-state index in [1.807, 2.05) is 58.0 Å². The summed E-state index contributed by atoms with van der Waals surface area (Å²) in [7, 11) is 0. The highest BCUT2D eigenvalue weighted by molar-refractivity contribution is 5.75. The van der Waals surface area contributed by atoms with Crippen molar-refractivity contribution in [2.45, 2.75) is 86.9 Å². The van der Waals surface area contributed by atoms with Gasteiger partial charge in [0.15, 0.2) is 0 Å². The molecule has 176 valence electrons. The molecule has 1 aromatic rings. The molecule has 0 heterocycles. The lowest BCUT2D eigenvalue weighted by Gasteiger charge is -2.35. The van der Waals surface area contributed by atoms with Gasteiger partial charge in [-0.2, -0.15) is 0 Å². The minimum absolute atomic E-state index is 0.0408. The molecule has 0 spiro atoms. The third-order valence-corrected chi connectivity index (χ3v) is 5.79. The van der Waals surface area contributed by atoms with Gasteiger partial charge in [0, 0.05) is 13.1 Å². The fraction of sp³-hybridized carbons (Fsp3) is 0.692. The standard InChI is InChI=1S/C26H43NO4/c1-9-16-26(7,8)31-23(28)22(20(3)4)17-27(19-25(5,6)10-2)24(29)30-18-21-14-12-11-13-15-21/h11-15,20,22H,9-10,16-19H2,1-8H3. The molecule has 0 radical (unpaired) electrons. The van der Waals surface area contributed by atoms with Crippen LogP contribution in [0.2, 0.25) is 0 Å². The molecule has 0 fully saturated rings. The first-order valence-electron chi connectivity index (χ1n) is 11.6. The lowest BCUT2D eigenvalue weighted by atomic mass is 9.88. The van der Waals surface area contributed by atoms with Crippen LogP contribution in [-0.2, 0) is 20.9 Å². The topological polar surface area (TPSA) is 55.8 Å². The molecule has 1 aromatic carbocycles. The summed E-state index contributed by atoms with van der Waals surface area (Å²) in [6.45, 7) is 17.3. The molecule has 0 aromatic heterocycles. The average molecular weight is 434 g/mol. The van der Waals surface area contributed by atoms with Gasteiger partial charge in [0.2, 0.25) is 0 Å². The van der Waals surface area contributed by atoms with Crippen molar-refractivity contribution in [2.24, 2.45) is 17.3 Å². The van der Waals surface area contributed by atoms with Crippen LogP contribution in [0.15, 0.2) is 30.3 Å². The number of nitrogens with zero attached hydrogens (tertiary/aromatic N) is 1. The summed E-state index contributed by atoms with van der Waals surface area (Å²) in [5.74, 6) is -0.615. The van der Waals surface area contributed by atoms with E-state index in [2.05, 4.69) is 27.7 Å². The van der Waals surface area contributed by atoms with E-state index in [4.69, 9.17) is 9.47 Å². The lowest BCUT2D eigenvalue weighted by molar-refractivity contribution is -0.164. The Kier molecular flexibility index (Phi) is 10.5. The van der Waals surface area contributed by atoms with Gasteiger partial charge in [0.25, 0.3) is 0 Å². The number of hydrogen-bond donors (Lipinski definition) is 0. The molecule has 1 amide bonds. The largest absolute Gasteiger partial charge is 0.459 e. The average Bonchev–Trinajstić information content (AvgIpc) is 2.69. The fourth-order valence-electron chi connectivity index (χ4n) is 3.44. The summed E-state index contributed by atoms with van der Waals surface area (Å²) >= 11 is 0. The van der Waals surface area contributed by atoms with E-state index in [1.54, 1.807) is 4.90 Å². The van der Waals surface area contributed by atoms with Gasteiger partial charge in [-0.15, -0.1) is 0 Å². The highest BCUT2D eigenvalue weighted by Gasteiger charge is 2.34. The minimum Gasteiger partial charge on any atom is -0.459 e. The number of esters is 1. The van der Waals surface area contributed by atoms with E-state index in [0.717, 1.165) is 24.8 Å². The predicted molar refractivity (Wildman–Crippen MR) is 126 cm³/mol. The number of ether oxygens (including phenoxy) is 2. The molecule has 0 saturated carbocycles. The van der Waals surface area contributed by atoms with Gasteiger partial charge in [-0.05, 0) is 43.6 Å². The second-order valence-electron chi connectivity index (χ2n) is 10.2. The first-order valence-corrected chi connectivity index (χ1v) is 11.6. The van der Waals surface area contributed by atoms with Crippen LogP contribution in [0.5, 0.6) is 0 Å². The molecule has 0 bridgehead atoms. The van der Waals surface area contributed by atoms with Crippen molar-refractivity contribution < 1.29 is 19.1 Å². The van der Waals surface area contributed by atoms with E-state index in [9.17, 15) is 9.59 Å². The summed E-state index contributed by atoms with van der Waals surface area (Å²) < 4.78 is 11.5. The Morgan fingerprint density at radius 1 is 1.03 bits per heavy atom. The van der Waals surface area contributed by atoms with Crippen LogP contribution in [0.3, 0.4) is 0 Å². The van der Waals surface area contributed by atoms with Crippen molar-refractivity contribution >= 4 is 12.1 Å². The van der Waals surface area contributed by atoms with Crippen LogP contribution in [0, 0.1) is 17.3 Å². The quantitative estimate of drug-likeness (QED) is 0.355. The van der Waals surface area contributed by atoms with Gasteiger partial charge in [0.05, 0.1) is 5.92 Å². The lowest BCUT2D eigenvalue weighted by Crippen LogP contribution is -2.45. The summed E-state index contributed by atoms with van der Waals surface area (Å²) in [5, 5.41) is 0. The van der Waals surface area contributed by atoms with E-state index >= 15 is 0 Å². The van der Waals surface area contributed by atoms with Crippen LogP contribution >= 0.6 is 0 Å². The zero-order valence-electron chi connectivity index (χ0n) is 20.9. The minimum atomic E-state index is -0.514. The Hall–Kier alpha value is -2.04. The van der Waals surface area contributed by atoms with Gasteiger partial charge in [-0.25, -0.2) is 4.79 Å². The van der Waals surface area contributed by atoms with Crippen LogP contribution < -0.4 is 0 Å². The molecular weight excluding hydrogens is 390 g/mol. The van der Waals surface area contributed by atoms with Crippen molar-refractivity contribution in [3.05, 3.63) is 35.9 Å². The van der Waals surface area contributed by atoms with E-state index in [-0.39, 0.29) is 30.5 Å².